The molecule has 3 nitrogen and oxygen atoms in total. The van der Waals surface area contributed by atoms with E-state index in [0.717, 1.165) is 5.69 Å². The lowest BCUT2D eigenvalue weighted by atomic mass is 10.3. The topological polar surface area (TPSA) is 35.0 Å². The van der Waals surface area contributed by atoms with Gasteiger partial charge in [0.15, 0.2) is 0 Å². The van der Waals surface area contributed by atoms with Crippen LogP contribution in [0.25, 0.3) is 0 Å². The number of halogens is 1. The number of aromatic nitrogens is 2. The van der Waals surface area contributed by atoms with E-state index in [9.17, 15) is 0 Å². The van der Waals surface area contributed by atoms with Crippen molar-refractivity contribution in [2.75, 3.05) is 0 Å². The Labute approximate surface area is 92.7 Å². The van der Waals surface area contributed by atoms with E-state index in [1.807, 2.05) is 6.92 Å². The molecule has 1 heterocycles. The summed E-state index contributed by atoms with van der Waals surface area (Å²) in [7, 11) is 0. The highest BCUT2D eigenvalue weighted by atomic mass is 35.5. The predicted molar refractivity (Wildman–Crippen MR) is 58.3 cm³/mol. The number of benzene rings is 1. The Bertz CT molecular complexity index is 396. The smallest absolute Gasteiger partial charge is 0.237 e. The van der Waals surface area contributed by atoms with Gasteiger partial charge in [0.05, 0.1) is 18.1 Å². The van der Waals surface area contributed by atoms with Gasteiger partial charge in [0, 0.05) is 5.02 Å². The van der Waals surface area contributed by atoms with Gasteiger partial charge in [-0.05, 0) is 31.2 Å². The third-order valence-electron chi connectivity index (χ3n) is 1.79. The molecule has 0 amide bonds. The number of hydrogen-bond acceptors (Lipinski definition) is 3. The van der Waals surface area contributed by atoms with Gasteiger partial charge in [-0.3, -0.25) is 4.98 Å². The summed E-state index contributed by atoms with van der Waals surface area (Å²) in [5.74, 6) is 1.17. The van der Waals surface area contributed by atoms with Crippen molar-refractivity contribution in [2.45, 2.75) is 6.92 Å². The van der Waals surface area contributed by atoms with Crippen molar-refractivity contribution >= 4 is 11.6 Å². The van der Waals surface area contributed by atoms with E-state index in [1.54, 1.807) is 36.7 Å². The lowest BCUT2D eigenvalue weighted by Gasteiger charge is -2.03. The van der Waals surface area contributed by atoms with Crippen LogP contribution in [0.4, 0.5) is 0 Å². The van der Waals surface area contributed by atoms with Gasteiger partial charge in [-0.2, -0.15) is 0 Å². The van der Waals surface area contributed by atoms with Crippen LogP contribution in [0.2, 0.25) is 5.02 Å². The second kappa shape index (κ2) is 4.28. The molecule has 0 atom stereocenters. The Morgan fingerprint density at radius 3 is 2.40 bits per heavy atom. The monoisotopic (exact) mass is 220 g/mol. The maximum Gasteiger partial charge on any atom is 0.237 e. The van der Waals surface area contributed by atoms with E-state index in [-0.39, 0.29) is 0 Å². The Kier molecular flexibility index (Phi) is 2.83. The summed E-state index contributed by atoms with van der Waals surface area (Å²) in [6, 6.07) is 7.09. The molecule has 0 saturated carbocycles. The average molecular weight is 221 g/mol. The molecule has 0 N–H and O–H groups in total. The quantitative estimate of drug-likeness (QED) is 0.780. The van der Waals surface area contributed by atoms with Crippen LogP contribution in [0, 0.1) is 6.92 Å². The Hall–Kier alpha value is -1.61. The van der Waals surface area contributed by atoms with Gasteiger partial charge in [-0.15, -0.1) is 0 Å². The van der Waals surface area contributed by atoms with Crippen LogP contribution in [0.1, 0.15) is 5.69 Å². The minimum Gasteiger partial charge on any atom is -0.438 e. The van der Waals surface area contributed by atoms with Gasteiger partial charge in [-0.25, -0.2) is 4.98 Å². The van der Waals surface area contributed by atoms with Crippen LogP contribution in [0.15, 0.2) is 36.7 Å². The van der Waals surface area contributed by atoms with E-state index in [2.05, 4.69) is 9.97 Å². The lowest BCUT2D eigenvalue weighted by Crippen LogP contribution is -1.90. The van der Waals surface area contributed by atoms with Crippen LogP contribution in [-0.2, 0) is 0 Å². The van der Waals surface area contributed by atoms with Crippen LogP contribution in [0.5, 0.6) is 11.6 Å². The first-order chi connectivity index (χ1) is 7.24. The van der Waals surface area contributed by atoms with E-state index >= 15 is 0 Å². The molecular formula is C11H9ClN2O. The normalized spacial score (nSPS) is 10.0. The van der Waals surface area contributed by atoms with Crippen molar-refractivity contribution in [3.8, 4) is 11.6 Å². The first-order valence-electron chi connectivity index (χ1n) is 4.46. The third-order valence-corrected chi connectivity index (χ3v) is 2.05. The van der Waals surface area contributed by atoms with Crippen molar-refractivity contribution in [3.05, 3.63) is 47.4 Å². The standard InChI is InChI=1S/C11H9ClN2O/c1-8-6-14-11(7-13-8)15-10-4-2-9(12)3-5-10/h2-7H,1H3. The largest absolute Gasteiger partial charge is 0.438 e. The third kappa shape index (κ3) is 2.67. The molecule has 0 radical (unpaired) electrons. The predicted octanol–water partition coefficient (Wildman–Crippen LogP) is 3.23. The molecule has 0 fully saturated rings. The first-order valence-corrected chi connectivity index (χ1v) is 4.84. The van der Waals surface area contributed by atoms with E-state index < -0.39 is 0 Å². The maximum absolute atomic E-state index is 5.75. The molecule has 15 heavy (non-hydrogen) atoms. The van der Waals surface area contributed by atoms with E-state index in [0.29, 0.717) is 16.7 Å². The number of nitrogens with zero attached hydrogens (tertiary/aromatic N) is 2. The summed E-state index contributed by atoms with van der Waals surface area (Å²) in [4.78, 5) is 8.16. The highest BCUT2D eigenvalue weighted by Gasteiger charge is 1.98. The Morgan fingerprint density at radius 1 is 1.07 bits per heavy atom. The average Bonchev–Trinajstić information content (AvgIpc) is 2.25. The number of rotatable bonds is 2. The molecular weight excluding hydrogens is 212 g/mol. The second-order valence-corrected chi connectivity index (χ2v) is 3.49. The molecule has 1 aromatic heterocycles. The molecule has 0 aliphatic carbocycles. The van der Waals surface area contributed by atoms with Crippen molar-refractivity contribution in [1.82, 2.24) is 9.97 Å². The summed E-state index contributed by atoms with van der Waals surface area (Å²) in [5, 5.41) is 0.678. The van der Waals surface area contributed by atoms with Gasteiger partial charge in [0.1, 0.15) is 5.75 Å². The van der Waals surface area contributed by atoms with Gasteiger partial charge < -0.3 is 4.74 Å². The molecule has 0 saturated heterocycles. The minimum atomic E-state index is 0.475. The van der Waals surface area contributed by atoms with Crippen LogP contribution in [0.3, 0.4) is 0 Å². The molecule has 0 bridgehead atoms. The Morgan fingerprint density at radius 2 is 1.80 bits per heavy atom. The van der Waals surface area contributed by atoms with Crippen molar-refractivity contribution in [3.63, 3.8) is 0 Å². The zero-order valence-electron chi connectivity index (χ0n) is 8.14. The van der Waals surface area contributed by atoms with Crippen LogP contribution >= 0.6 is 11.6 Å². The molecule has 76 valence electrons. The molecule has 0 aliphatic heterocycles. The van der Waals surface area contributed by atoms with Gasteiger partial charge in [0.25, 0.3) is 0 Å². The van der Waals surface area contributed by atoms with E-state index in [4.69, 9.17) is 16.3 Å². The molecule has 0 spiro atoms. The summed E-state index contributed by atoms with van der Waals surface area (Å²) < 4.78 is 5.46. The van der Waals surface area contributed by atoms with Crippen LogP contribution in [-0.4, -0.2) is 9.97 Å². The molecule has 4 heteroatoms. The highest BCUT2D eigenvalue weighted by molar-refractivity contribution is 6.30. The lowest BCUT2D eigenvalue weighted by molar-refractivity contribution is 0.459. The van der Waals surface area contributed by atoms with E-state index in [1.165, 1.54) is 0 Å². The van der Waals surface area contributed by atoms with Gasteiger partial charge in [0.2, 0.25) is 5.88 Å². The number of aryl methyl sites for hydroxylation is 1. The fourth-order valence-corrected chi connectivity index (χ4v) is 1.18. The number of ether oxygens (including phenoxy) is 1. The first kappa shape index (κ1) is 9.93. The van der Waals surface area contributed by atoms with Gasteiger partial charge in [-0.1, -0.05) is 11.6 Å². The fourth-order valence-electron chi connectivity index (χ4n) is 1.06. The highest BCUT2D eigenvalue weighted by Crippen LogP contribution is 2.20. The molecule has 0 unspecified atom stereocenters. The summed E-state index contributed by atoms with van der Waals surface area (Å²) in [5.41, 5.74) is 0.860. The van der Waals surface area contributed by atoms with Crippen molar-refractivity contribution in [1.29, 1.82) is 0 Å². The zero-order valence-corrected chi connectivity index (χ0v) is 8.90. The zero-order chi connectivity index (χ0) is 10.7. The van der Waals surface area contributed by atoms with Crippen LogP contribution < -0.4 is 4.74 Å². The summed E-state index contributed by atoms with van der Waals surface area (Å²) in [6.07, 6.45) is 3.25. The second-order valence-electron chi connectivity index (χ2n) is 3.05. The van der Waals surface area contributed by atoms with Gasteiger partial charge >= 0.3 is 0 Å². The number of hydrogen-bond donors (Lipinski definition) is 0. The molecule has 1 aromatic carbocycles. The SMILES string of the molecule is Cc1cnc(Oc2ccc(Cl)cc2)cn1. The summed E-state index contributed by atoms with van der Waals surface area (Å²) >= 11 is 5.75. The molecule has 2 aromatic rings. The maximum atomic E-state index is 5.75. The van der Waals surface area contributed by atoms with Crippen molar-refractivity contribution in [2.24, 2.45) is 0 Å². The summed E-state index contributed by atoms with van der Waals surface area (Å²) in [6.45, 7) is 1.87. The fraction of sp³-hybridized carbons (Fsp3) is 0.0909. The minimum absolute atomic E-state index is 0.475. The molecule has 2 rings (SSSR count). The molecule has 0 aliphatic rings. The van der Waals surface area contributed by atoms with Crippen molar-refractivity contribution < 1.29 is 4.74 Å². The Balaban J connectivity index is 2.15.